The first-order chi connectivity index (χ1) is 10.7. The third kappa shape index (κ3) is 6.72. The second kappa shape index (κ2) is 10.8. The number of rotatable bonds is 11. The van der Waals surface area contributed by atoms with E-state index in [-0.39, 0.29) is 12.5 Å². The minimum absolute atomic E-state index is 0.148. The molecule has 122 valence electrons. The zero-order valence-corrected chi connectivity index (χ0v) is 13.2. The van der Waals surface area contributed by atoms with E-state index in [1.165, 1.54) is 5.56 Å². The van der Waals surface area contributed by atoms with E-state index in [9.17, 15) is 9.59 Å². The van der Waals surface area contributed by atoms with Gasteiger partial charge < -0.3 is 15.7 Å². The van der Waals surface area contributed by atoms with Gasteiger partial charge in [0.1, 0.15) is 6.04 Å². The Bertz CT molecular complexity index is 446. The monoisotopic (exact) mass is 306 g/mol. The molecular weight excluding hydrogens is 280 g/mol. The number of aryl methyl sites for hydroxylation is 1. The molecule has 0 radical (unpaired) electrons. The molecule has 1 aromatic rings. The van der Waals surface area contributed by atoms with Crippen LogP contribution in [-0.4, -0.2) is 30.1 Å². The van der Waals surface area contributed by atoms with Crippen LogP contribution >= 0.6 is 0 Å². The van der Waals surface area contributed by atoms with Crippen LogP contribution in [0.2, 0.25) is 0 Å². The summed E-state index contributed by atoms with van der Waals surface area (Å²) in [6.07, 6.45) is 4.73. The lowest BCUT2D eigenvalue weighted by Gasteiger charge is -2.15. The molecule has 0 bridgehead atoms. The topological polar surface area (TPSA) is 78.4 Å². The van der Waals surface area contributed by atoms with E-state index in [2.05, 4.69) is 10.6 Å². The van der Waals surface area contributed by atoms with Crippen LogP contribution in [0.1, 0.15) is 43.7 Å². The van der Waals surface area contributed by atoms with Crippen LogP contribution in [0.25, 0.3) is 0 Å². The fourth-order valence-corrected chi connectivity index (χ4v) is 2.20. The first-order valence-electron chi connectivity index (χ1n) is 7.87. The summed E-state index contributed by atoms with van der Waals surface area (Å²) in [4.78, 5) is 22.6. The molecule has 3 N–H and O–H groups in total. The Morgan fingerprint density at radius 1 is 1.23 bits per heavy atom. The van der Waals surface area contributed by atoms with Gasteiger partial charge in [-0.2, -0.15) is 0 Å². The predicted molar refractivity (Wildman–Crippen MR) is 86.2 cm³/mol. The van der Waals surface area contributed by atoms with Gasteiger partial charge in [-0.05, 0) is 30.4 Å². The van der Waals surface area contributed by atoms with E-state index in [1.54, 1.807) is 0 Å². The molecule has 0 saturated heterocycles. The number of hydrogen-bond donors (Lipinski definition) is 3. The fourth-order valence-electron chi connectivity index (χ4n) is 2.20. The van der Waals surface area contributed by atoms with Crippen LogP contribution in [0.3, 0.4) is 0 Å². The maximum absolute atomic E-state index is 12.1. The van der Waals surface area contributed by atoms with Crippen molar-refractivity contribution < 1.29 is 14.7 Å². The summed E-state index contributed by atoms with van der Waals surface area (Å²) in [6.45, 7) is 2.69. The van der Waals surface area contributed by atoms with Crippen molar-refractivity contribution in [2.75, 3.05) is 6.61 Å². The molecule has 0 heterocycles. The van der Waals surface area contributed by atoms with Gasteiger partial charge in [0, 0.05) is 13.2 Å². The number of benzene rings is 1. The van der Waals surface area contributed by atoms with Gasteiger partial charge in [-0.15, -0.1) is 0 Å². The largest absolute Gasteiger partial charge is 0.396 e. The maximum atomic E-state index is 12.1. The fraction of sp³-hybridized carbons (Fsp3) is 0.529. The standard InChI is InChI=1S/C17H26N2O3/c1-2-3-6-16(19-13-21)17(22)18-12-15-9-7-14(8-10-15)5-4-11-20/h7-10,13,16,20H,2-6,11-12H2,1H3,(H,18,22)(H,19,21). The number of carbonyl (C=O) groups excluding carboxylic acids is 2. The number of aliphatic hydroxyl groups is 1. The van der Waals surface area contributed by atoms with Crippen LogP contribution in [0.15, 0.2) is 24.3 Å². The van der Waals surface area contributed by atoms with E-state index < -0.39 is 6.04 Å². The van der Waals surface area contributed by atoms with Crippen molar-refractivity contribution in [3.63, 3.8) is 0 Å². The first-order valence-corrected chi connectivity index (χ1v) is 7.87. The molecular formula is C17H26N2O3. The molecule has 1 unspecified atom stereocenters. The number of hydrogen-bond acceptors (Lipinski definition) is 3. The van der Waals surface area contributed by atoms with Crippen molar-refractivity contribution in [2.24, 2.45) is 0 Å². The number of amides is 2. The van der Waals surface area contributed by atoms with Crippen LogP contribution in [0.5, 0.6) is 0 Å². The molecule has 0 fully saturated rings. The molecule has 0 aromatic heterocycles. The molecule has 0 aliphatic heterocycles. The third-order valence-electron chi connectivity index (χ3n) is 3.55. The molecule has 2 amide bonds. The molecule has 0 saturated carbocycles. The summed E-state index contributed by atoms with van der Waals surface area (Å²) in [5.41, 5.74) is 2.19. The van der Waals surface area contributed by atoms with Gasteiger partial charge in [0.2, 0.25) is 12.3 Å². The highest BCUT2D eigenvalue weighted by Crippen LogP contribution is 2.07. The summed E-state index contributed by atoms with van der Waals surface area (Å²) in [5.74, 6) is -0.148. The second-order valence-corrected chi connectivity index (χ2v) is 5.34. The summed E-state index contributed by atoms with van der Waals surface area (Å²) < 4.78 is 0. The SMILES string of the molecule is CCCCC(NC=O)C(=O)NCc1ccc(CCCO)cc1. The number of unbranched alkanes of at least 4 members (excludes halogenated alkanes) is 1. The highest BCUT2D eigenvalue weighted by molar-refractivity contribution is 5.83. The second-order valence-electron chi connectivity index (χ2n) is 5.34. The summed E-state index contributed by atoms with van der Waals surface area (Å²) in [5, 5.41) is 14.2. The Morgan fingerprint density at radius 3 is 2.50 bits per heavy atom. The quantitative estimate of drug-likeness (QED) is 0.543. The van der Waals surface area contributed by atoms with E-state index in [1.807, 2.05) is 31.2 Å². The molecule has 0 aliphatic rings. The smallest absolute Gasteiger partial charge is 0.242 e. The van der Waals surface area contributed by atoms with Crippen molar-refractivity contribution in [1.82, 2.24) is 10.6 Å². The van der Waals surface area contributed by atoms with Crippen LogP contribution in [0.4, 0.5) is 0 Å². The Labute approximate surface area is 132 Å². The van der Waals surface area contributed by atoms with Crippen LogP contribution < -0.4 is 10.6 Å². The summed E-state index contributed by atoms with van der Waals surface area (Å²) >= 11 is 0. The van der Waals surface area contributed by atoms with Gasteiger partial charge >= 0.3 is 0 Å². The Morgan fingerprint density at radius 2 is 1.91 bits per heavy atom. The summed E-state index contributed by atoms with van der Waals surface area (Å²) in [7, 11) is 0. The van der Waals surface area contributed by atoms with E-state index in [0.29, 0.717) is 19.4 Å². The molecule has 0 spiro atoms. The van der Waals surface area contributed by atoms with Gasteiger partial charge in [-0.1, -0.05) is 44.0 Å². The molecule has 22 heavy (non-hydrogen) atoms. The number of nitrogens with one attached hydrogen (secondary N) is 2. The normalized spacial score (nSPS) is 11.7. The Hall–Kier alpha value is -1.88. The van der Waals surface area contributed by atoms with Gasteiger partial charge in [0.15, 0.2) is 0 Å². The molecule has 5 heteroatoms. The zero-order valence-electron chi connectivity index (χ0n) is 13.2. The average molecular weight is 306 g/mol. The lowest BCUT2D eigenvalue weighted by molar-refractivity contribution is -0.125. The van der Waals surface area contributed by atoms with Crippen molar-refractivity contribution in [3.05, 3.63) is 35.4 Å². The zero-order chi connectivity index (χ0) is 16.2. The lowest BCUT2D eigenvalue weighted by Crippen LogP contribution is -2.43. The van der Waals surface area contributed by atoms with E-state index in [4.69, 9.17) is 5.11 Å². The Balaban J connectivity index is 2.45. The predicted octanol–water partition coefficient (Wildman–Crippen LogP) is 1.53. The van der Waals surface area contributed by atoms with E-state index in [0.717, 1.165) is 31.2 Å². The van der Waals surface area contributed by atoms with E-state index >= 15 is 0 Å². The molecule has 1 aromatic carbocycles. The van der Waals surface area contributed by atoms with Crippen LogP contribution in [-0.2, 0) is 22.6 Å². The molecule has 1 atom stereocenters. The van der Waals surface area contributed by atoms with Crippen molar-refractivity contribution in [3.8, 4) is 0 Å². The highest BCUT2D eigenvalue weighted by atomic mass is 16.3. The third-order valence-corrected chi connectivity index (χ3v) is 3.55. The lowest BCUT2D eigenvalue weighted by atomic mass is 10.1. The first kappa shape index (κ1) is 18.2. The van der Waals surface area contributed by atoms with Gasteiger partial charge in [0.05, 0.1) is 0 Å². The molecule has 0 aliphatic carbocycles. The van der Waals surface area contributed by atoms with Gasteiger partial charge in [0.25, 0.3) is 0 Å². The Kier molecular flexibility index (Phi) is 8.91. The highest BCUT2D eigenvalue weighted by Gasteiger charge is 2.16. The van der Waals surface area contributed by atoms with Gasteiger partial charge in [-0.25, -0.2) is 0 Å². The molecule has 5 nitrogen and oxygen atoms in total. The van der Waals surface area contributed by atoms with Crippen LogP contribution in [0, 0.1) is 0 Å². The summed E-state index contributed by atoms with van der Waals surface area (Å²) in [6, 6.07) is 7.51. The minimum atomic E-state index is -0.457. The molecule has 1 rings (SSSR count). The number of aliphatic hydroxyl groups excluding tert-OH is 1. The number of carbonyl (C=O) groups is 2. The van der Waals surface area contributed by atoms with Gasteiger partial charge in [-0.3, -0.25) is 9.59 Å². The maximum Gasteiger partial charge on any atom is 0.242 e. The van der Waals surface area contributed by atoms with Crippen molar-refractivity contribution in [2.45, 2.75) is 51.6 Å². The van der Waals surface area contributed by atoms with Crippen molar-refractivity contribution in [1.29, 1.82) is 0 Å². The van der Waals surface area contributed by atoms with Crippen molar-refractivity contribution >= 4 is 12.3 Å². The average Bonchev–Trinajstić information content (AvgIpc) is 2.55. The minimum Gasteiger partial charge on any atom is -0.396 e.